The van der Waals surface area contributed by atoms with E-state index in [4.69, 9.17) is 4.74 Å². The largest absolute Gasteiger partial charge is 0.452 e. The summed E-state index contributed by atoms with van der Waals surface area (Å²) in [6, 6.07) is 10.1. The Hall–Kier alpha value is -1.77. The Morgan fingerprint density at radius 2 is 1.67 bits per heavy atom. The molecule has 0 aliphatic heterocycles. The molecule has 0 saturated heterocycles. The summed E-state index contributed by atoms with van der Waals surface area (Å²) >= 11 is 0. The van der Waals surface area contributed by atoms with Gasteiger partial charge in [0.1, 0.15) is 0 Å². The Morgan fingerprint density at radius 3 is 2.29 bits per heavy atom. The van der Waals surface area contributed by atoms with Crippen LogP contribution in [-0.4, -0.2) is 18.1 Å². The van der Waals surface area contributed by atoms with Crippen LogP contribution in [0.15, 0.2) is 42.1 Å². The molecule has 24 heavy (non-hydrogen) atoms. The number of hydrogen-bond acceptors (Lipinski definition) is 2. The summed E-state index contributed by atoms with van der Waals surface area (Å²) in [4.78, 5) is 13.9. The first kappa shape index (κ1) is 20.3. The van der Waals surface area contributed by atoms with Crippen molar-refractivity contribution in [1.82, 2.24) is 4.90 Å². The zero-order chi connectivity index (χ0) is 17.6. The molecule has 1 aromatic carbocycles. The fourth-order valence-corrected chi connectivity index (χ4v) is 2.72. The number of carbonyl (C=O) groups excluding carboxylic acids is 1. The molecule has 0 N–H and O–H groups in total. The van der Waals surface area contributed by atoms with Crippen molar-refractivity contribution < 1.29 is 9.53 Å². The lowest BCUT2D eigenvalue weighted by Gasteiger charge is -2.19. The Balaban J connectivity index is 2.80. The van der Waals surface area contributed by atoms with Gasteiger partial charge in [-0.2, -0.15) is 0 Å². The standard InChI is InChI=1S/C21H33NO2/c1-4-6-8-10-14-19(13-7-5-2)17-22(21(23)24-3)18-20-15-11-9-12-16-20/h9,11-12,15-17H,4-8,10,13-14,18H2,1-3H3/b19-17-. The molecule has 0 aromatic heterocycles. The van der Waals surface area contributed by atoms with Gasteiger partial charge < -0.3 is 4.74 Å². The molecular weight excluding hydrogens is 298 g/mol. The molecule has 0 aliphatic carbocycles. The van der Waals surface area contributed by atoms with Gasteiger partial charge in [0.25, 0.3) is 0 Å². The van der Waals surface area contributed by atoms with Gasteiger partial charge in [-0.25, -0.2) is 4.79 Å². The summed E-state index contributed by atoms with van der Waals surface area (Å²) in [6.45, 7) is 4.99. The minimum Gasteiger partial charge on any atom is -0.452 e. The molecule has 0 fully saturated rings. The summed E-state index contributed by atoms with van der Waals surface area (Å²) in [5.74, 6) is 0. The summed E-state index contributed by atoms with van der Waals surface area (Å²) in [5, 5.41) is 0. The van der Waals surface area contributed by atoms with Gasteiger partial charge >= 0.3 is 6.09 Å². The molecule has 3 nitrogen and oxygen atoms in total. The van der Waals surface area contributed by atoms with Crippen LogP contribution in [0.3, 0.4) is 0 Å². The maximum atomic E-state index is 12.2. The molecule has 0 radical (unpaired) electrons. The number of benzene rings is 1. The van der Waals surface area contributed by atoms with Crippen LogP contribution in [0.25, 0.3) is 0 Å². The van der Waals surface area contributed by atoms with Crippen molar-refractivity contribution >= 4 is 6.09 Å². The highest BCUT2D eigenvalue weighted by atomic mass is 16.5. The van der Waals surface area contributed by atoms with E-state index in [9.17, 15) is 4.79 Å². The van der Waals surface area contributed by atoms with Gasteiger partial charge in [0, 0.05) is 6.20 Å². The number of unbranched alkanes of at least 4 members (excludes halogenated alkanes) is 4. The number of rotatable bonds is 11. The van der Waals surface area contributed by atoms with E-state index in [0.717, 1.165) is 18.4 Å². The molecule has 0 unspecified atom stereocenters. The minimum absolute atomic E-state index is 0.290. The van der Waals surface area contributed by atoms with Crippen LogP contribution in [-0.2, 0) is 11.3 Å². The van der Waals surface area contributed by atoms with E-state index in [1.54, 1.807) is 4.90 Å². The highest BCUT2D eigenvalue weighted by Crippen LogP contribution is 2.19. The van der Waals surface area contributed by atoms with Crippen molar-refractivity contribution in [1.29, 1.82) is 0 Å². The third-order valence-electron chi connectivity index (χ3n) is 4.15. The Morgan fingerprint density at radius 1 is 1.00 bits per heavy atom. The summed E-state index contributed by atoms with van der Waals surface area (Å²) in [6.07, 6.45) is 11.2. The second-order valence-electron chi connectivity index (χ2n) is 6.29. The molecule has 0 aliphatic rings. The lowest BCUT2D eigenvalue weighted by atomic mass is 10.0. The SMILES string of the molecule is CCCCCC/C(=C\N(Cc1ccccc1)C(=O)OC)CCCC. The van der Waals surface area contributed by atoms with Gasteiger partial charge in [-0.3, -0.25) is 4.90 Å². The van der Waals surface area contributed by atoms with Crippen molar-refractivity contribution in [3.05, 3.63) is 47.7 Å². The number of amides is 1. The summed E-state index contributed by atoms with van der Waals surface area (Å²) < 4.78 is 4.98. The Labute approximate surface area is 147 Å². The number of allylic oxidation sites excluding steroid dienone is 1. The van der Waals surface area contributed by atoms with E-state index in [1.807, 2.05) is 36.5 Å². The zero-order valence-electron chi connectivity index (χ0n) is 15.6. The quantitative estimate of drug-likeness (QED) is 0.445. The van der Waals surface area contributed by atoms with Gasteiger partial charge in [-0.1, -0.05) is 75.4 Å². The van der Waals surface area contributed by atoms with Crippen LogP contribution in [0, 0.1) is 0 Å². The van der Waals surface area contributed by atoms with Gasteiger partial charge in [-0.05, 0) is 31.2 Å². The lowest BCUT2D eigenvalue weighted by molar-refractivity contribution is 0.137. The Kier molecular flexibility index (Phi) is 10.7. The van der Waals surface area contributed by atoms with Crippen LogP contribution in [0.1, 0.15) is 70.8 Å². The van der Waals surface area contributed by atoms with Crippen molar-refractivity contribution in [2.75, 3.05) is 7.11 Å². The summed E-state index contributed by atoms with van der Waals surface area (Å²) in [5.41, 5.74) is 2.47. The fraction of sp³-hybridized carbons (Fsp3) is 0.571. The highest BCUT2D eigenvalue weighted by Gasteiger charge is 2.13. The fourth-order valence-electron chi connectivity index (χ4n) is 2.72. The maximum Gasteiger partial charge on any atom is 0.413 e. The number of nitrogens with zero attached hydrogens (tertiary/aromatic N) is 1. The number of ether oxygens (including phenoxy) is 1. The monoisotopic (exact) mass is 331 g/mol. The van der Waals surface area contributed by atoms with E-state index in [0.29, 0.717) is 6.54 Å². The number of methoxy groups -OCH3 is 1. The van der Waals surface area contributed by atoms with Crippen LogP contribution >= 0.6 is 0 Å². The van der Waals surface area contributed by atoms with Crippen molar-refractivity contribution in [3.8, 4) is 0 Å². The lowest BCUT2D eigenvalue weighted by Crippen LogP contribution is -2.25. The minimum atomic E-state index is -0.290. The molecule has 3 heteroatoms. The van der Waals surface area contributed by atoms with Crippen LogP contribution in [0.4, 0.5) is 4.79 Å². The molecule has 0 heterocycles. The number of carbonyl (C=O) groups is 1. The van der Waals surface area contributed by atoms with Gasteiger partial charge in [0.15, 0.2) is 0 Å². The molecule has 0 spiro atoms. The smallest absolute Gasteiger partial charge is 0.413 e. The van der Waals surface area contributed by atoms with E-state index in [-0.39, 0.29) is 6.09 Å². The van der Waals surface area contributed by atoms with E-state index in [2.05, 4.69) is 13.8 Å². The normalized spacial score (nSPS) is 11.4. The van der Waals surface area contributed by atoms with Crippen molar-refractivity contribution in [2.24, 2.45) is 0 Å². The molecule has 134 valence electrons. The first-order valence-corrected chi connectivity index (χ1v) is 9.29. The summed E-state index contributed by atoms with van der Waals surface area (Å²) in [7, 11) is 1.45. The molecule has 0 bridgehead atoms. The molecule has 1 amide bonds. The van der Waals surface area contributed by atoms with Crippen LogP contribution in [0.2, 0.25) is 0 Å². The third kappa shape index (κ3) is 8.19. The third-order valence-corrected chi connectivity index (χ3v) is 4.15. The molecular formula is C21H33NO2. The van der Waals surface area contributed by atoms with Gasteiger partial charge in [-0.15, -0.1) is 0 Å². The van der Waals surface area contributed by atoms with E-state index in [1.165, 1.54) is 51.2 Å². The molecule has 1 rings (SSSR count). The average Bonchev–Trinajstić information content (AvgIpc) is 2.62. The van der Waals surface area contributed by atoms with E-state index >= 15 is 0 Å². The first-order valence-electron chi connectivity index (χ1n) is 9.29. The predicted molar refractivity (Wildman–Crippen MR) is 101 cm³/mol. The van der Waals surface area contributed by atoms with Crippen molar-refractivity contribution in [2.45, 2.75) is 71.8 Å². The average molecular weight is 332 g/mol. The van der Waals surface area contributed by atoms with Gasteiger partial charge in [0.2, 0.25) is 0 Å². The topological polar surface area (TPSA) is 29.5 Å². The van der Waals surface area contributed by atoms with Crippen LogP contribution < -0.4 is 0 Å². The molecule has 0 saturated carbocycles. The number of hydrogen-bond donors (Lipinski definition) is 0. The maximum absolute atomic E-state index is 12.2. The van der Waals surface area contributed by atoms with Gasteiger partial charge in [0.05, 0.1) is 13.7 Å². The second kappa shape index (κ2) is 12.6. The molecule has 1 aromatic rings. The van der Waals surface area contributed by atoms with E-state index < -0.39 is 0 Å². The highest BCUT2D eigenvalue weighted by molar-refractivity contribution is 5.68. The second-order valence-corrected chi connectivity index (χ2v) is 6.29. The Bertz CT molecular complexity index is 482. The zero-order valence-corrected chi connectivity index (χ0v) is 15.6. The molecule has 0 atom stereocenters. The predicted octanol–water partition coefficient (Wildman–Crippen LogP) is 6.30. The first-order chi connectivity index (χ1) is 11.7. The van der Waals surface area contributed by atoms with Crippen LogP contribution in [0.5, 0.6) is 0 Å². The van der Waals surface area contributed by atoms with Crippen molar-refractivity contribution in [3.63, 3.8) is 0 Å².